The van der Waals surface area contributed by atoms with Gasteiger partial charge in [-0.15, -0.1) is 0 Å². The highest BCUT2D eigenvalue weighted by Crippen LogP contribution is 2.05. The number of amides is 2. The van der Waals surface area contributed by atoms with Gasteiger partial charge in [0.05, 0.1) is 13.1 Å². The largest absolute Gasteiger partial charge is 0.381 e. The monoisotopic (exact) mass is 271 g/mol. The number of ether oxygens (including phenoxy) is 1. The summed E-state index contributed by atoms with van der Waals surface area (Å²) in [5.41, 5.74) is 0. The number of hydrogen-bond donors (Lipinski definition) is 2. The van der Waals surface area contributed by atoms with E-state index < -0.39 is 0 Å². The van der Waals surface area contributed by atoms with Crippen molar-refractivity contribution >= 4 is 11.8 Å². The van der Waals surface area contributed by atoms with Crippen LogP contribution in [0.4, 0.5) is 0 Å². The van der Waals surface area contributed by atoms with Crippen LogP contribution in [0, 0.1) is 0 Å². The molecule has 19 heavy (non-hydrogen) atoms. The van der Waals surface area contributed by atoms with E-state index in [1.807, 2.05) is 13.8 Å². The van der Waals surface area contributed by atoms with Gasteiger partial charge in [-0.25, -0.2) is 0 Å². The van der Waals surface area contributed by atoms with Crippen molar-refractivity contribution in [2.75, 3.05) is 33.4 Å². The average Bonchev–Trinajstić information content (AvgIpc) is 2.28. The Morgan fingerprint density at radius 2 is 1.79 bits per heavy atom. The van der Waals surface area contributed by atoms with Gasteiger partial charge >= 0.3 is 0 Å². The Morgan fingerprint density at radius 1 is 1.21 bits per heavy atom. The molecular formula is C13H25N3O3. The lowest BCUT2D eigenvalue weighted by Gasteiger charge is -2.24. The fourth-order valence-electron chi connectivity index (χ4n) is 2.03. The van der Waals surface area contributed by atoms with Crippen LogP contribution >= 0.6 is 0 Å². The number of rotatable bonds is 6. The average molecular weight is 271 g/mol. The maximum atomic E-state index is 11.8. The SMILES string of the molecule is CC(C)NC(=O)CN(C)CC(=O)NC1CCOCC1. The summed E-state index contributed by atoms with van der Waals surface area (Å²) in [6.07, 6.45) is 1.73. The Balaban J connectivity index is 2.21. The number of nitrogens with zero attached hydrogens (tertiary/aromatic N) is 1. The molecule has 0 saturated carbocycles. The molecular weight excluding hydrogens is 246 g/mol. The van der Waals surface area contributed by atoms with E-state index in [0.717, 1.165) is 12.8 Å². The van der Waals surface area contributed by atoms with Crippen LogP contribution in [-0.4, -0.2) is 62.1 Å². The van der Waals surface area contributed by atoms with Gasteiger partial charge in [-0.3, -0.25) is 14.5 Å². The van der Waals surface area contributed by atoms with Crippen molar-refractivity contribution in [1.82, 2.24) is 15.5 Å². The second-order valence-electron chi connectivity index (χ2n) is 5.35. The molecule has 0 radical (unpaired) electrons. The molecule has 0 aromatic rings. The lowest BCUT2D eigenvalue weighted by atomic mass is 10.1. The van der Waals surface area contributed by atoms with Crippen LogP contribution in [0.1, 0.15) is 26.7 Å². The Kier molecular flexibility index (Phi) is 6.80. The highest BCUT2D eigenvalue weighted by molar-refractivity contribution is 5.81. The number of nitrogens with one attached hydrogen (secondary N) is 2. The molecule has 0 unspecified atom stereocenters. The summed E-state index contributed by atoms with van der Waals surface area (Å²) in [6.45, 7) is 5.71. The first-order chi connectivity index (χ1) is 8.97. The predicted molar refractivity (Wildman–Crippen MR) is 72.8 cm³/mol. The van der Waals surface area contributed by atoms with Gasteiger partial charge in [0.2, 0.25) is 11.8 Å². The first-order valence-electron chi connectivity index (χ1n) is 6.82. The van der Waals surface area contributed by atoms with E-state index in [-0.39, 0.29) is 37.0 Å². The highest BCUT2D eigenvalue weighted by Gasteiger charge is 2.17. The molecule has 0 bridgehead atoms. The second-order valence-corrected chi connectivity index (χ2v) is 5.35. The van der Waals surface area contributed by atoms with E-state index in [9.17, 15) is 9.59 Å². The Hall–Kier alpha value is -1.14. The van der Waals surface area contributed by atoms with Crippen molar-refractivity contribution in [2.45, 2.75) is 38.8 Å². The smallest absolute Gasteiger partial charge is 0.234 e. The van der Waals surface area contributed by atoms with Crippen LogP contribution in [0.5, 0.6) is 0 Å². The molecule has 1 aliphatic rings. The number of carbonyl (C=O) groups is 2. The summed E-state index contributed by atoms with van der Waals surface area (Å²) >= 11 is 0. The van der Waals surface area contributed by atoms with E-state index in [4.69, 9.17) is 4.74 Å². The fraction of sp³-hybridized carbons (Fsp3) is 0.846. The van der Waals surface area contributed by atoms with Gasteiger partial charge in [0.1, 0.15) is 0 Å². The van der Waals surface area contributed by atoms with Crippen LogP contribution in [0.15, 0.2) is 0 Å². The molecule has 1 heterocycles. The zero-order valence-corrected chi connectivity index (χ0v) is 12.1. The van der Waals surface area contributed by atoms with Gasteiger partial charge < -0.3 is 15.4 Å². The molecule has 0 atom stereocenters. The maximum absolute atomic E-state index is 11.8. The molecule has 0 aromatic heterocycles. The van der Waals surface area contributed by atoms with Crippen LogP contribution in [0.25, 0.3) is 0 Å². The molecule has 0 aliphatic carbocycles. The van der Waals surface area contributed by atoms with Gasteiger partial charge in [0, 0.05) is 25.3 Å². The third kappa shape index (κ3) is 7.12. The van der Waals surface area contributed by atoms with Crippen molar-refractivity contribution in [3.05, 3.63) is 0 Å². The Bertz CT molecular complexity index is 302. The minimum Gasteiger partial charge on any atom is -0.381 e. The summed E-state index contributed by atoms with van der Waals surface area (Å²) in [5, 5.41) is 5.77. The standard InChI is InChI=1S/C13H25N3O3/c1-10(2)14-12(17)8-16(3)9-13(18)15-11-4-6-19-7-5-11/h10-11H,4-9H2,1-3H3,(H,14,17)(H,15,18). The summed E-state index contributed by atoms with van der Waals surface area (Å²) < 4.78 is 5.24. The Labute approximate surface area is 114 Å². The van der Waals surface area contributed by atoms with E-state index in [0.29, 0.717) is 13.2 Å². The molecule has 2 N–H and O–H groups in total. The van der Waals surface area contributed by atoms with E-state index >= 15 is 0 Å². The molecule has 1 fully saturated rings. The molecule has 6 nitrogen and oxygen atoms in total. The first kappa shape index (κ1) is 15.9. The molecule has 0 spiro atoms. The quantitative estimate of drug-likeness (QED) is 0.698. The summed E-state index contributed by atoms with van der Waals surface area (Å²) in [4.78, 5) is 25.0. The molecule has 1 aliphatic heterocycles. The lowest BCUT2D eigenvalue weighted by molar-refractivity contribution is -0.125. The topological polar surface area (TPSA) is 70.7 Å². The molecule has 1 rings (SSSR count). The number of hydrogen-bond acceptors (Lipinski definition) is 4. The fourth-order valence-corrected chi connectivity index (χ4v) is 2.03. The summed E-state index contributed by atoms with van der Waals surface area (Å²) in [5.74, 6) is -0.0943. The first-order valence-corrected chi connectivity index (χ1v) is 6.82. The van der Waals surface area contributed by atoms with E-state index in [1.54, 1.807) is 11.9 Å². The second kappa shape index (κ2) is 8.12. The molecule has 110 valence electrons. The Morgan fingerprint density at radius 3 is 2.37 bits per heavy atom. The summed E-state index contributed by atoms with van der Waals surface area (Å²) in [6, 6.07) is 0.330. The van der Waals surface area contributed by atoms with Gasteiger partial charge in [0.15, 0.2) is 0 Å². The third-order valence-electron chi connectivity index (χ3n) is 2.86. The van der Waals surface area contributed by atoms with Crippen molar-refractivity contribution in [1.29, 1.82) is 0 Å². The van der Waals surface area contributed by atoms with Crippen LogP contribution in [-0.2, 0) is 14.3 Å². The summed E-state index contributed by atoms with van der Waals surface area (Å²) in [7, 11) is 1.77. The van der Waals surface area contributed by atoms with Crippen LogP contribution in [0.2, 0.25) is 0 Å². The zero-order valence-electron chi connectivity index (χ0n) is 12.1. The minimum atomic E-state index is -0.0589. The van der Waals surface area contributed by atoms with Gasteiger partial charge in [-0.2, -0.15) is 0 Å². The molecule has 0 aromatic carbocycles. The van der Waals surface area contributed by atoms with Crippen molar-refractivity contribution in [3.63, 3.8) is 0 Å². The van der Waals surface area contributed by atoms with Crippen LogP contribution < -0.4 is 10.6 Å². The molecule has 6 heteroatoms. The van der Waals surface area contributed by atoms with Crippen molar-refractivity contribution in [2.24, 2.45) is 0 Å². The molecule has 1 saturated heterocycles. The number of likely N-dealkylation sites (N-methyl/N-ethyl adjacent to an activating group) is 1. The predicted octanol–water partition coefficient (Wildman–Crippen LogP) is -0.262. The van der Waals surface area contributed by atoms with E-state index in [1.165, 1.54) is 0 Å². The maximum Gasteiger partial charge on any atom is 0.234 e. The normalized spacial score (nSPS) is 16.7. The van der Waals surface area contributed by atoms with Gasteiger partial charge in [-0.05, 0) is 33.7 Å². The van der Waals surface area contributed by atoms with Crippen molar-refractivity contribution in [3.8, 4) is 0 Å². The van der Waals surface area contributed by atoms with E-state index in [2.05, 4.69) is 10.6 Å². The van der Waals surface area contributed by atoms with Crippen LogP contribution in [0.3, 0.4) is 0 Å². The van der Waals surface area contributed by atoms with Gasteiger partial charge in [-0.1, -0.05) is 0 Å². The third-order valence-corrected chi connectivity index (χ3v) is 2.86. The highest BCUT2D eigenvalue weighted by atomic mass is 16.5. The van der Waals surface area contributed by atoms with Crippen molar-refractivity contribution < 1.29 is 14.3 Å². The lowest BCUT2D eigenvalue weighted by Crippen LogP contribution is -2.46. The number of carbonyl (C=O) groups excluding carboxylic acids is 2. The molecule has 2 amide bonds. The minimum absolute atomic E-state index is 0.0354. The van der Waals surface area contributed by atoms with Gasteiger partial charge in [0.25, 0.3) is 0 Å². The zero-order chi connectivity index (χ0) is 14.3.